The van der Waals surface area contributed by atoms with Gasteiger partial charge in [0.2, 0.25) is 5.91 Å². The second kappa shape index (κ2) is 6.91. The summed E-state index contributed by atoms with van der Waals surface area (Å²) in [5.74, 6) is 0.218. The molecule has 0 radical (unpaired) electrons. The molecule has 120 valence electrons. The molecular weight excluding hydrogens is 302 g/mol. The van der Waals surface area contributed by atoms with E-state index in [1.807, 2.05) is 48.5 Å². The fourth-order valence-corrected chi connectivity index (χ4v) is 2.45. The van der Waals surface area contributed by atoms with Gasteiger partial charge in [0.05, 0.1) is 0 Å². The molecule has 0 saturated carbocycles. The van der Waals surface area contributed by atoms with Crippen LogP contribution in [-0.4, -0.2) is 15.5 Å². The highest BCUT2D eigenvalue weighted by Crippen LogP contribution is 2.15. The molecule has 0 aliphatic heterocycles. The molecule has 1 amide bonds. The minimum absolute atomic E-state index is 0.0920. The lowest BCUT2D eigenvalue weighted by molar-refractivity contribution is -0.116. The van der Waals surface area contributed by atoms with E-state index in [1.165, 1.54) is 10.6 Å². The first-order chi connectivity index (χ1) is 11.6. The number of aromatic nitrogens is 2. The highest BCUT2D eigenvalue weighted by Gasteiger charge is 2.13. The lowest BCUT2D eigenvalue weighted by atomic mass is 10.2. The molecule has 0 atom stereocenters. The molecule has 3 rings (SSSR count). The minimum Gasteiger partial charge on any atom is -0.325 e. The third-order valence-corrected chi connectivity index (χ3v) is 3.53. The molecule has 1 heterocycles. The summed E-state index contributed by atoms with van der Waals surface area (Å²) < 4.78 is 1.39. The molecule has 5 nitrogen and oxygen atoms in total. The number of amides is 1. The van der Waals surface area contributed by atoms with Crippen molar-refractivity contribution >= 4 is 11.6 Å². The van der Waals surface area contributed by atoms with Crippen molar-refractivity contribution < 1.29 is 4.79 Å². The van der Waals surface area contributed by atoms with Crippen LogP contribution >= 0.6 is 0 Å². The Morgan fingerprint density at radius 3 is 2.33 bits per heavy atom. The van der Waals surface area contributed by atoms with Crippen LogP contribution in [0.15, 0.2) is 71.5 Å². The van der Waals surface area contributed by atoms with Crippen molar-refractivity contribution in [2.24, 2.45) is 0 Å². The van der Waals surface area contributed by atoms with Gasteiger partial charge in [0.1, 0.15) is 12.4 Å². The maximum absolute atomic E-state index is 12.4. The summed E-state index contributed by atoms with van der Waals surface area (Å²) in [6.07, 6.45) is 0. The number of benzene rings is 2. The zero-order valence-corrected chi connectivity index (χ0v) is 13.3. The summed E-state index contributed by atoms with van der Waals surface area (Å²) in [5, 5.41) is 2.78. The topological polar surface area (TPSA) is 64.0 Å². The Hall–Kier alpha value is -3.21. The molecule has 1 N–H and O–H groups in total. The number of nitrogens with one attached hydrogen (secondary N) is 1. The van der Waals surface area contributed by atoms with Gasteiger partial charge in [-0.05, 0) is 19.1 Å². The number of nitrogens with zero attached hydrogens (tertiary/aromatic N) is 2. The van der Waals surface area contributed by atoms with Crippen LogP contribution in [0.1, 0.15) is 5.69 Å². The number of carbonyl (C=O) groups excluding carboxylic acids is 1. The van der Waals surface area contributed by atoms with Gasteiger partial charge in [-0.25, -0.2) is 4.98 Å². The smallest absolute Gasteiger partial charge is 0.254 e. The summed E-state index contributed by atoms with van der Waals surface area (Å²) in [7, 11) is 0. The lowest BCUT2D eigenvalue weighted by Gasteiger charge is -2.13. The largest absolute Gasteiger partial charge is 0.325 e. The molecule has 0 bridgehead atoms. The van der Waals surface area contributed by atoms with Gasteiger partial charge < -0.3 is 5.32 Å². The van der Waals surface area contributed by atoms with Gasteiger partial charge in [-0.15, -0.1) is 0 Å². The molecule has 0 saturated heterocycles. The highest BCUT2D eigenvalue weighted by atomic mass is 16.2. The predicted octanol–water partition coefficient (Wildman–Crippen LogP) is 2.86. The second-order valence-electron chi connectivity index (χ2n) is 5.43. The molecule has 0 fully saturated rings. The number of carbonyl (C=O) groups is 1. The Bertz CT molecular complexity index is 903. The van der Waals surface area contributed by atoms with E-state index in [2.05, 4.69) is 10.3 Å². The van der Waals surface area contributed by atoms with Crippen LogP contribution in [-0.2, 0) is 11.3 Å². The summed E-state index contributed by atoms with van der Waals surface area (Å²) in [6.45, 7) is 1.67. The van der Waals surface area contributed by atoms with Crippen molar-refractivity contribution in [1.29, 1.82) is 0 Å². The first-order valence-corrected chi connectivity index (χ1v) is 7.62. The molecule has 0 aliphatic carbocycles. The SMILES string of the molecule is Cc1cc(=O)n(CC(=O)Nc2ccccc2)c(-c2ccccc2)n1. The zero-order chi connectivity index (χ0) is 16.9. The van der Waals surface area contributed by atoms with Gasteiger partial charge in [-0.1, -0.05) is 48.5 Å². The first kappa shape index (κ1) is 15.7. The van der Waals surface area contributed by atoms with Crippen LogP contribution in [0.4, 0.5) is 5.69 Å². The van der Waals surface area contributed by atoms with Crippen LogP contribution in [0.25, 0.3) is 11.4 Å². The highest BCUT2D eigenvalue weighted by molar-refractivity contribution is 5.90. The van der Waals surface area contributed by atoms with Gasteiger partial charge in [-0.3, -0.25) is 14.2 Å². The van der Waals surface area contributed by atoms with Gasteiger partial charge in [-0.2, -0.15) is 0 Å². The van der Waals surface area contributed by atoms with Crippen molar-refractivity contribution in [1.82, 2.24) is 9.55 Å². The van der Waals surface area contributed by atoms with E-state index < -0.39 is 0 Å². The zero-order valence-electron chi connectivity index (χ0n) is 13.3. The fourth-order valence-electron chi connectivity index (χ4n) is 2.45. The number of hydrogen-bond donors (Lipinski definition) is 1. The number of hydrogen-bond acceptors (Lipinski definition) is 3. The van der Waals surface area contributed by atoms with Crippen molar-refractivity contribution in [3.8, 4) is 11.4 Å². The van der Waals surface area contributed by atoms with E-state index in [9.17, 15) is 9.59 Å². The van der Waals surface area contributed by atoms with Gasteiger partial charge in [0, 0.05) is 23.0 Å². The van der Waals surface area contributed by atoms with Gasteiger partial charge in [0.15, 0.2) is 0 Å². The average molecular weight is 319 g/mol. The Labute approximate surface area is 139 Å². The van der Waals surface area contributed by atoms with Crippen LogP contribution < -0.4 is 10.9 Å². The second-order valence-corrected chi connectivity index (χ2v) is 5.43. The fraction of sp³-hybridized carbons (Fsp3) is 0.105. The maximum atomic E-state index is 12.4. The molecule has 1 aromatic heterocycles. The molecule has 2 aromatic carbocycles. The molecule has 0 aliphatic rings. The first-order valence-electron chi connectivity index (χ1n) is 7.62. The third-order valence-electron chi connectivity index (χ3n) is 3.53. The molecule has 3 aromatic rings. The molecule has 0 unspecified atom stereocenters. The van der Waals surface area contributed by atoms with Crippen molar-refractivity contribution in [3.05, 3.63) is 82.8 Å². The Kier molecular flexibility index (Phi) is 4.52. The lowest BCUT2D eigenvalue weighted by Crippen LogP contribution is -2.29. The van der Waals surface area contributed by atoms with Crippen LogP contribution in [0.5, 0.6) is 0 Å². The van der Waals surface area contributed by atoms with Crippen LogP contribution in [0.2, 0.25) is 0 Å². The van der Waals surface area contributed by atoms with E-state index in [4.69, 9.17) is 0 Å². The summed E-state index contributed by atoms with van der Waals surface area (Å²) in [4.78, 5) is 29.1. The normalized spacial score (nSPS) is 10.4. The average Bonchev–Trinajstić information content (AvgIpc) is 2.59. The molecule has 24 heavy (non-hydrogen) atoms. The summed E-state index contributed by atoms with van der Waals surface area (Å²) >= 11 is 0. The van der Waals surface area contributed by atoms with Crippen molar-refractivity contribution in [2.45, 2.75) is 13.5 Å². The third kappa shape index (κ3) is 3.57. The molecule has 0 spiro atoms. The Morgan fingerprint density at radius 1 is 1.04 bits per heavy atom. The standard InChI is InChI=1S/C19H17N3O2/c1-14-12-18(24)22(19(20-14)15-8-4-2-5-9-15)13-17(23)21-16-10-6-3-7-11-16/h2-12H,13H2,1H3,(H,21,23). The predicted molar refractivity (Wildman–Crippen MR) is 93.7 cm³/mol. The van der Waals surface area contributed by atoms with E-state index >= 15 is 0 Å². The van der Waals surface area contributed by atoms with E-state index in [0.29, 0.717) is 17.2 Å². The molecule has 5 heteroatoms. The quantitative estimate of drug-likeness (QED) is 0.804. The number of rotatable bonds is 4. The Balaban J connectivity index is 1.93. The number of para-hydroxylation sites is 1. The van der Waals surface area contributed by atoms with Gasteiger partial charge in [0.25, 0.3) is 5.56 Å². The summed E-state index contributed by atoms with van der Waals surface area (Å²) in [5.41, 5.74) is 1.87. The van der Waals surface area contributed by atoms with Crippen LogP contribution in [0.3, 0.4) is 0 Å². The number of anilines is 1. The van der Waals surface area contributed by atoms with E-state index in [0.717, 1.165) is 5.56 Å². The van der Waals surface area contributed by atoms with Crippen molar-refractivity contribution in [2.75, 3.05) is 5.32 Å². The summed E-state index contributed by atoms with van der Waals surface area (Å²) in [6, 6.07) is 20.0. The maximum Gasteiger partial charge on any atom is 0.254 e. The van der Waals surface area contributed by atoms with E-state index in [1.54, 1.807) is 19.1 Å². The van der Waals surface area contributed by atoms with Crippen LogP contribution in [0, 0.1) is 6.92 Å². The monoisotopic (exact) mass is 319 g/mol. The number of aryl methyl sites for hydroxylation is 1. The Morgan fingerprint density at radius 2 is 1.67 bits per heavy atom. The van der Waals surface area contributed by atoms with E-state index in [-0.39, 0.29) is 18.0 Å². The molecular formula is C19H17N3O2. The minimum atomic E-state index is -0.272. The van der Waals surface area contributed by atoms with Crippen molar-refractivity contribution in [3.63, 3.8) is 0 Å². The van der Waals surface area contributed by atoms with Gasteiger partial charge >= 0.3 is 0 Å².